The molecule has 1 aromatic carbocycles. The molecular formula is C16H17ClN2O4. The van der Waals surface area contributed by atoms with Crippen molar-refractivity contribution in [2.75, 3.05) is 14.2 Å². The smallest absolute Gasteiger partial charge is 0.377 e. The summed E-state index contributed by atoms with van der Waals surface area (Å²) in [5.41, 5.74) is 2.26. The monoisotopic (exact) mass is 336 g/mol. The number of aromatic nitrogens is 2. The summed E-state index contributed by atoms with van der Waals surface area (Å²) in [6.45, 7) is 3.70. The standard InChI is InChI=1S/C16H17ClN2O4/c1-10-7-12(17)13(19-6-5-11(2)18-19)8-14(10)23-15(9-21-3)16(20)22-4/h5-9H,1-4H3/b15-9-. The third kappa shape index (κ3) is 3.84. The highest BCUT2D eigenvalue weighted by Gasteiger charge is 2.17. The van der Waals surface area contributed by atoms with Crippen molar-refractivity contribution in [2.24, 2.45) is 0 Å². The van der Waals surface area contributed by atoms with Gasteiger partial charge in [-0.25, -0.2) is 9.48 Å². The predicted molar refractivity (Wildman–Crippen MR) is 85.8 cm³/mol. The third-order valence-electron chi connectivity index (χ3n) is 3.05. The van der Waals surface area contributed by atoms with Gasteiger partial charge in [-0.1, -0.05) is 11.6 Å². The Morgan fingerprint density at radius 1 is 1.30 bits per heavy atom. The van der Waals surface area contributed by atoms with Crippen LogP contribution >= 0.6 is 11.6 Å². The topological polar surface area (TPSA) is 62.6 Å². The van der Waals surface area contributed by atoms with Crippen LogP contribution in [0.15, 0.2) is 36.4 Å². The molecular weight excluding hydrogens is 320 g/mol. The lowest BCUT2D eigenvalue weighted by molar-refractivity contribution is -0.138. The number of nitrogens with zero attached hydrogens (tertiary/aromatic N) is 2. The number of benzene rings is 1. The van der Waals surface area contributed by atoms with Crippen molar-refractivity contribution < 1.29 is 19.0 Å². The largest absolute Gasteiger partial charge is 0.500 e. The van der Waals surface area contributed by atoms with Crippen LogP contribution in [-0.4, -0.2) is 30.0 Å². The number of hydrogen-bond donors (Lipinski definition) is 0. The Balaban J connectivity index is 2.43. The van der Waals surface area contributed by atoms with Gasteiger partial charge in [0.2, 0.25) is 5.76 Å². The number of rotatable bonds is 5. The van der Waals surface area contributed by atoms with Crippen LogP contribution in [0.4, 0.5) is 0 Å². The highest BCUT2D eigenvalue weighted by molar-refractivity contribution is 6.32. The van der Waals surface area contributed by atoms with E-state index in [-0.39, 0.29) is 5.76 Å². The molecule has 2 aromatic rings. The maximum atomic E-state index is 11.7. The Hall–Kier alpha value is -2.47. The molecule has 0 N–H and O–H groups in total. The zero-order valence-electron chi connectivity index (χ0n) is 13.3. The lowest BCUT2D eigenvalue weighted by Crippen LogP contribution is -2.12. The summed E-state index contributed by atoms with van der Waals surface area (Å²) in [5.74, 6) is -0.257. The maximum absolute atomic E-state index is 11.7. The van der Waals surface area contributed by atoms with Crippen LogP contribution < -0.4 is 4.74 Å². The summed E-state index contributed by atoms with van der Waals surface area (Å²) in [6.07, 6.45) is 2.97. The average Bonchev–Trinajstić information content (AvgIpc) is 2.94. The second-order valence-electron chi connectivity index (χ2n) is 4.78. The minimum Gasteiger partial charge on any atom is -0.500 e. The van der Waals surface area contributed by atoms with Crippen molar-refractivity contribution in [3.8, 4) is 11.4 Å². The number of methoxy groups -OCH3 is 2. The molecule has 1 heterocycles. The molecule has 0 atom stereocenters. The van der Waals surface area contributed by atoms with Crippen molar-refractivity contribution in [1.29, 1.82) is 0 Å². The summed E-state index contributed by atoms with van der Waals surface area (Å²) in [7, 11) is 2.68. The fourth-order valence-electron chi connectivity index (χ4n) is 1.92. The quantitative estimate of drug-likeness (QED) is 0.476. The molecule has 7 heteroatoms. The van der Waals surface area contributed by atoms with Gasteiger partial charge in [-0.3, -0.25) is 0 Å². The number of esters is 1. The maximum Gasteiger partial charge on any atom is 0.377 e. The van der Waals surface area contributed by atoms with E-state index < -0.39 is 5.97 Å². The van der Waals surface area contributed by atoms with E-state index in [9.17, 15) is 4.79 Å². The summed E-state index contributed by atoms with van der Waals surface area (Å²) in [6, 6.07) is 5.31. The van der Waals surface area contributed by atoms with Crippen LogP contribution in [0.3, 0.4) is 0 Å². The van der Waals surface area contributed by atoms with Gasteiger partial charge in [0.25, 0.3) is 0 Å². The van der Waals surface area contributed by atoms with E-state index in [2.05, 4.69) is 9.84 Å². The number of aryl methyl sites for hydroxylation is 2. The van der Waals surface area contributed by atoms with Crippen LogP contribution in [0.2, 0.25) is 5.02 Å². The number of ether oxygens (including phenoxy) is 3. The summed E-state index contributed by atoms with van der Waals surface area (Å²) < 4.78 is 16.8. The lowest BCUT2D eigenvalue weighted by atomic mass is 10.2. The molecule has 0 aliphatic heterocycles. The van der Waals surface area contributed by atoms with E-state index in [1.165, 1.54) is 20.5 Å². The number of halogens is 1. The van der Waals surface area contributed by atoms with Gasteiger partial charge in [-0.15, -0.1) is 0 Å². The molecule has 0 aliphatic carbocycles. The Bertz CT molecular complexity index is 753. The second kappa shape index (κ2) is 7.19. The summed E-state index contributed by atoms with van der Waals surface area (Å²) in [5, 5.41) is 4.85. The highest BCUT2D eigenvalue weighted by atomic mass is 35.5. The van der Waals surface area contributed by atoms with E-state index in [0.717, 1.165) is 11.3 Å². The van der Waals surface area contributed by atoms with Gasteiger partial charge in [0.05, 0.1) is 30.6 Å². The van der Waals surface area contributed by atoms with E-state index in [4.69, 9.17) is 21.1 Å². The normalized spacial score (nSPS) is 11.3. The van der Waals surface area contributed by atoms with E-state index in [0.29, 0.717) is 16.5 Å². The molecule has 23 heavy (non-hydrogen) atoms. The number of hydrogen-bond acceptors (Lipinski definition) is 5. The van der Waals surface area contributed by atoms with Gasteiger partial charge in [0.15, 0.2) is 0 Å². The van der Waals surface area contributed by atoms with Crippen LogP contribution in [0, 0.1) is 13.8 Å². The molecule has 0 saturated carbocycles. The predicted octanol–water partition coefficient (Wildman–Crippen LogP) is 3.18. The first-order valence-electron chi connectivity index (χ1n) is 6.78. The summed E-state index contributed by atoms with van der Waals surface area (Å²) >= 11 is 6.29. The molecule has 0 radical (unpaired) electrons. The van der Waals surface area contributed by atoms with Crippen molar-refractivity contribution in [3.63, 3.8) is 0 Å². The molecule has 0 aliphatic rings. The molecule has 0 fully saturated rings. The Kier molecular flexibility index (Phi) is 5.28. The fraction of sp³-hybridized carbons (Fsp3) is 0.250. The van der Waals surface area contributed by atoms with Gasteiger partial charge in [0.1, 0.15) is 12.0 Å². The zero-order valence-corrected chi connectivity index (χ0v) is 14.0. The van der Waals surface area contributed by atoms with Crippen LogP contribution in [0.1, 0.15) is 11.3 Å². The summed E-state index contributed by atoms with van der Waals surface area (Å²) in [4.78, 5) is 11.7. The Labute approximate surface area is 139 Å². The molecule has 0 amide bonds. The van der Waals surface area contributed by atoms with Crippen LogP contribution in [0.5, 0.6) is 5.75 Å². The molecule has 2 rings (SSSR count). The minimum absolute atomic E-state index is 0.0666. The van der Waals surface area contributed by atoms with Crippen molar-refractivity contribution >= 4 is 17.6 Å². The minimum atomic E-state index is -0.641. The van der Waals surface area contributed by atoms with E-state index in [1.54, 1.807) is 23.0 Å². The molecule has 0 unspecified atom stereocenters. The van der Waals surface area contributed by atoms with Crippen molar-refractivity contribution in [2.45, 2.75) is 13.8 Å². The first-order chi connectivity index (χ1) is 11.0. The van der Waals surface area contributed by atoms with E-state index in [1.807, 2.05) is 19.9 Å². The lowest BCUT2D eigenvalue weighted by Gasteiger charge is -2.13. The number of carbonyl (C=O) groups is 1. The van der Waals surface area contributed by atoms with Crippen LogP contribution in [-0.2, 0) is 14.3 Å². The first-order valence-corrected chi connectivity index (χ1v) is 7.16. The van der Waals surface area contributed by atoms with Gasteiger partial charge in [-0.05, 0) is 31.5 Å². The SMILES string of the molecule is CO/C=C(\Oc1cc(-n2ccc(C)n2)c(Cl)cc1C)C(=O)OC. The molecule has 0 bridgehead atoms. The van der Waals surface area contributed by atoms with Gasteiger partial charge < -0.3 is 14.2 Å². The van der Waals surface area contributed by atoms with Gasteiger partial charge in [0, 0.05) is 12.3 Å². The molecule has 0 saturated heterocycles. The number of carbonyl (C=O) groups excluding carboxylic acids is 1. The molecule has 6 nitrogen and oxygen atoms in total. The Morgan fingerprint density at radius 2 is 2.04 bits per heavy atom. The molecule has 1 aromatic heterocycles. The Morgan fingerprint density at radius 3 is 2.61 bits per heavy atom. The molecule has 122 valence electrons. The third-order valence-corrected chi connectivity index (χ3v) is 3.35. The zero-order chi connectivity index (χ0) is 17.0. The van der Waals surface area contributed by atoms with Crippen molar-refractivity contribution in [1.82, 2.24) is 9.78 Å². The fourth-order valence-corrected chi connectivity index (χ4v) is 2.22. The van der Waals surface area contributed by atoms with E-state index >= 15 is 0 Å². The van der Waals surface area contributed by atoms with Crippen molar-refractivity contribution in [3.05, 3.63) is 52.7 Å². The second-order valence-corrected chi connectivity index (χ2v) is 5.19. The highest BCUT2D eigenvalue weighted by Crippen LogP contribution is 2.30. The average molecular weight is 337 g/mol. The van der Waals surface area contributed by atoms with Crippen LogP contribution in [0.25, 0.3) is 5.69 Å². The first kappa shape index (κ1) is 16.9. The van der Waals surface area contributed by atoms with Gasteiger partial charge >= 0.3 is 5.97 Å². The van der Waals surface area contributed by atoms with Gasteiger partial charge in [-0.2, -0.15) is 5.10 Å². The molecule has 0 spiro atoms.